The number of hydrogen-bond acceptors (Lipinski definition) is 5. The van der Waals surface area contributed by atoms with Crippen LogP contribution in [0.4, 0.5) is 0 Å². The van der Waals surface area contributed by atoms with Crippen LogP contribution in [0.5, 0.6) is 5.75 Å². The van der Waals surface area contributed by atoms with Crippen molar-refractivity contribution in [2.75, 3.05) is 13.2 Å². The number of nitrogens with one attached hydrogen (secondary N) is 1. The minimum atomic E-state index is 0.201. The van der Waals surface area contributed by atoms with E-state index in [1.54, 1.807) is 0 Å². The van der Waals surface area contributed by atoms with Crippen molar-refractivity contribution in [3.05, 3.63) is 60.6 Å². The van der Waals surface area contributed by atoms with Gasteiger partial charge in [0.2, 0.25) is 0 Å². The quantitative estimate of drug-likeness (QED) is 0.457. The molecule has 0 unspecified atom stereocenters. The summed E-state index contributed by atoms with van der Waals surface area (Å²) in [6.07, 6.45) is 9.37. The standard InChI is InChI=1S/C27H29N5O/c1-27(11-5-14-30-27)12-17-33-19-8-9-20-21(10-15-29-23(20)18-19)25-24-7-4-16-32(24)31-26(25)22-6-2-3-13-28-22/h2-3,6,8-10,13,15,18,30H,4-5,7,11-12,14,16-17H2,1H3/t27-/m1/s1. The number of aryl methyl sites for hydroxylation is 1. The molecule has 33 heavy (non-hydrogen) atoms. The van der Waals surface area contributed by atoms with Crippen LogP contribution in [0.25, 0.3) is 33.4 Å². The van der Waals surface area contributed by atoms with Gasteiger partial charge in [-0.1, -0.05) is 6.07 Å². The zero-order valence-corrected chi connectivity index (χ0v) is 19.1. The predicted octanol–water partition coefficient (Wildman–Crippen LogP) is 5.02. The van der Waals surface area contributed by atoms with Crippen molar-refractivity contribution < 1.29 is 4.74 Å². The molecule has 6 heteroatoms. The van der Waals surface area contributed by atoms with Gasteiger partial charge in [0.1, 0.15) is 11.4 Å². The van der Waals surface area contributed by atoms with Crippen LogP contribution in [0.1, 0.15) is 38.3 Å². The summed E-state index contributed by atoms with van der Waals surface area (Å²) < 4.78 is 8.29. The molecule has 1 atom stereocenters. The summed E-state index contributed by atoms with van der Waals surface area (Å²) in [4.78, 5) is 9.27. The minimum absolute atomic E-state index is 0.201. The predicted molar refractivity (Wildman–Crippen MR) is 130 cm³/mol. The van der Waals surface area contributed by atoms with Crippen LogP contribution in [-0.2, 0) is 13.0 Å². The molecule has 4 aromatic rings. The van der Waals surface area contributed by atoms with E-state index in [0.717, 1.165) is 66.0 Å². The molecule has 1 saturated heterocycles. The monoisotopic (exact) mass is 439 g/mol. The fraction of sp³-hybridized carbons (Fsp3) is 0.370. The molecule has 3 aromatic heterocycles. The van der Waals surface area contributed by atoms with Crippen molar-refractivity contribution >= 4 is 10.9 Å². The van der Waals surface area contributed by atoms with Crippen molar-refractivity contribution in [2.45, 2.75) is 51.1 Å². The number of benzene rings is 1. The molecule has 0 amide bonds. The largest absolute Gasteiger partial charge is 0.493 e. The Kier molecular flexibility index (Phi) is 5.10. The zero-order valence-electron chi connectivity index (χ0n) is 19.1. The summed E-state index contributed by atoms with van der Waals surface area (Å²) in [5, 5.41) is 9.67. The molecule has 6 rings (SSSR count). The first-order chi connectivity index (χ1) is 16.2. The average Bonchev–Trinajstić information content (AvgIpc) is 3.56. The highest BCUT2D eigenvalue weighted by Gasteiger charge is 2.28. The molecule has 2 aliphatic heterocycles. The normalized spacial score (nSPS) is 19.8. The SMILES string of the molecule is C[C@]1(CCOc2ccc3c(-c4c(-c5ccccn5)nn5c4CCC5)ccnc3c2)CCCN1. The van der Waals surface area contributed by atoms with Crippen molar-refractivity contribution in [1.29, 1.82) is 0 Å². The van der Waals surface area contributed by atoms with Crippen LogP contribution in [0.2, 0.25) is 0 Å². The number of fused-ring (bicyclic) bond motifs is 2. The third kappa shape index (κ3) is 3.78. The first-order valence-electron chi connectivity index (χ1n) is 12.0. The Morgan fingerprint density at radius 2 is 2.06 bits per heavy atom. The number of hydrogen-bond donors (Lipinski definition) is 1. The Balaban J connectivity index is 1.35. The van der Waals surface area contributed by atoms with Crippen molar-refractivity contribution in [1.82, 2.24) is 25.1 Å². The minimum Gasteiger partial charge on any atom is -0.493 e. The Hall–Kier alpha value is -3.25. The van der Waals surface area contributed by atoms with Crippen LogP contribution in [0.3, 0.4) is 0 Å². The zero-order chi connectivity index (χ0) is 22.3. The molecule has 0 saturated carbocycles. The molecule has 5 heterocycles. The molecule has 1 fully saturated rings. The van der Waals surface area contributed by atoms with Crippen LogP contribution in [0, 0.1) is 0 Å². The molecule has 1 aromatic carbocycles. The number of ether oxygens (including phenoxy) is 1. The van der Waals surface area contributed by atoms with Gasteiger partial charge in [-0.2, -0.15) is 5.10 Å². The van der Waals surface area contributed by atoms with E-state index in [4.69, 9.17) is 9.84 Å². The van der Waals surface area contributed by atoms with Gasteiger partial charge in [-0.05, 0) is 81.5 Å². The van der Waals surface area contributed by atoms with Gasteiger partial charge >= 0.3 is 0 Å². The fourth-order valence-electron chi connectivity index (χ4n) is 5.30. The Bertz CT molecular complexity index is 1290. The summed E-state index contributed by atoms with van der Waals surface area (Å²) in [7, 11) is 0. The van der Waals surface area contributed by atoms with E-state index in [1.807, 2.05) is 30.6 Å². The first kappa shape index (κ1) is 20.4. The summed E-state index contributed by atoms with van der Waals surface area (Å²) in [5.74, 6) is 0.874. The lowest BCUT2D eigenvalue weighted by atomic mass is 9.96. The lowest BCUT2D eigenvalue weighted by Gasteiger charge is -2.24. The number of nitrogens with zero attached hydrogens (tertiary/aromatic N) is 4. The molecule has 2 aliphatic rings. The molecule has 0 radical (unpaired) electrons. The Morgan fingerprint density at radius 1 is 1.09 bits per heavy atom. The molecule has 0 bridgehead atoms. The highest BCUT2D eigenvalue weighted by molar-refractivity contribution is 5.99. The smallest absolute Gasteiger partial charge is 0.121 e. The van der Waals surface area contributed by atoms with Gasteiger partial charge in [0.15, 0.2) is 0 Å². The van der Waals surface area contributed by atoms with E-state index in [-0.39, 0.29) is 5.54 Å². The third-order valence-corrected chi connectivity index (χ3v) is 7.11. The Morgan fingerprint density at radius 3 is 2.91 bits per heavy atom. The molecule has 0 spiro atoms. The molecule has 1 N–H and O–H groups in total. The first-order valence-corrected chi connectivity index (χ1v) is 12.0. The molecule has 168 valence electrons. The summed E-state index contributed by atoms with van der Waals surface area (Å²) in [6.45, 7) is 5.07. The van der Waals surface area contributed by atoms with E-state index < -0.39 is 0 Å². The highest BCUT2D eigenvalue weighted by Crippen LogP contribution is 2.40. The average molecular weight is 440 g/mol. The van der Waals surface area contributed by atoms with Gasteiger partial charge in [-0.25, -0.2) is 0 Å². The van der Waals surface area contributed by atoms with Gasteiger partial charge in [0.05, 0.1) is 17.8 Å². The lowest BCUT2D eigenvalue weighted by Crippen LogP contribution is -2.37. The van der Waals surface area contributed by atoms with Crippen molar-refractivity contribution in [3.8, 4) is 28.3 Å². The van der Waals surface area contributed by atoms with Gasteiger partial charge in [0, 0.05) is 47.2 Å². The Labute approximate surface area is 194 Å². The second-order valence-electron chi connectivity index (χ2n) is 9.44. The van der Waals surface area contributed by atoms with Gasteiger partial charge in [-0.3, -0.25) is 14.6 Å². The van der Waals surface area contributed by atoms with Crippen molar-refractivity contribution in [3.63, 3.8) is 0 Å². The maximum absolute atomic E-state index is 6.13. The number of aromatic nitrogens is 4. The van der Waals surface area contributed by atoms with E-state index in [0.29, 0.717) is 6.61 Å². The van der Waals surface area contributed by atoms with Crippen LogP contribution >= 0.6 is 0 Å². The second kappa shape index (κ2) is 8.27. The highest BCUT2D eigenvalue weighted by atomic mass is 16.5. The van der Waals surface area contributed by atoms with E-state index >= 15 is 0 Å². The van der Waals surface area contributed by atoms with Crippen LogP contribution < -0.4 is 10.1 Å². The summed E-state index contributed by atoms with van der Waals surface area (Å²) in [5.41, 5.74) is 6.66. The van der Waals surface area contributed by atoms with Gasteiger partial charge in [-0.15, -0.1) is 0 Å². The lowest BCUT2D eigenvalue weighted by molar-refractivity contribution is 0.252. The van der Waals surface area contributed by atoms with Crippen molar-refractivity contribution in [2.24, 2.45) is 0 Å². The number of pyridine rings is 2. The van der Waals surface area contributed by atoms with Gasteiger partial charge in [0.25, 0.3) is 0 Å². The van der Waals surface area contributed by atoms with Crippen LogP contribution in [-0.4, -0.2) is 38.4 Å². The molecular formula is C27H29N5O. The topological polar surface area (TPSA) is 64.9 Å². The third-order valence-electron chi connectivity index (χ3n) is 7.11. The van der Waals surface area contributed by atoms with E-state index in [1.165, 1.54) is 24.1 Å². The maximum atomic E-state index is 6.13. The van der Waals surface area contributed by atoms with Gasteiger partial charge < -0.3 is 10.1 Å². The van der Waals surface area contributed by atoms with E-state index in [2.05, 4.69) is 51.2 Å². The number of rotatable bonds is 6. The molecule has 6 nitrogen and oxygen atoms in total. The summed E-state index contributed by atoms with van der Waals surface area (Å²) >= 11 is 0. The van der Waals surface area contributed by atoms with E-state index in [9.17, 15) is 0 Å². The summed E-state index contributed by atoms with van der Waals surface area (Å²) in [6, 6.07) is 14.4. The molecular weight excluding hydrogens is 410 g/mol. The molecule has 0 aliphatic carbocycles. The fourth-order valence-corrected chi connectivity index (χ4v) is 5.30. The second-order valence-corrected chi connectivity index (χ2v) is 9.44. The maximum Gasteiger partial charge on any atom is 0.121 e. The van der Waals surface area contributed by atoms with Crippen LogP contribution in [0.15, 0.2) is 54.9 Å².